The quantitative estimate of drug-likeness (QED) is 0.670. The van der Waals surface area contributed by atoms with Crippen LogP contribution in [0.25, 0.3) is 0 Å². The van der Waals surface area contributed by atoms with Crippen molar-refractivity contribution in [1.82, 2.24) is 5.32 Å². The average molecular weight is 199 g/mol. The molecule has 1 N–H and O–H groups in total. The summed E-state index contributed by atoms with van der Waals surface area (Å²) in [6.45, 7) is 8.24. The molecule has 0 aromatic rings. The Morgan fingerprint density at radius 1 is 1.14 bits per heavy atom. The van der Waals surface area contributed by atoms with E-state index < -0.39 is 0 Å². The zero-order valence-corrected chi connectivity index (χ0v) is 10.1. The summed E-state index contributed by atoms with van der Waals surface area (Å²) in [5, 5.41) is 3.11. The molecule has 2 nitrogen and oxygen atoms in total. The summed E-state index contributed by atoms with van der Waals surface area (Å²) >= 11 is 0. The van der Waals surface area contributed by atoms with Crippen molar-refractivity contribution in [3.05, 3.63) is 0 Å². The maximum atomic E-state index is 11.5. The second-order valence-corrected chi connectivity index (χ2v) is 4.29. The molecule has 0 radical (unpaired) electrons. The highest BCUT2D eigenvalue weighted by Gasteiger charge is 2.13. The zero-order valence-electron chi connectivity index (χ0n) is 10.1. The molecule has 0 aliphatic carbocycles. The van der Waals surface area contributed by atoms with E-state index in [9.17, 15) is 4.79 Å². The molecule has 14 heavy (non-hydrogen) atoms. The van der Waals surface area contributed by atoms with Crippen molar-refractivity contribution in [3.63, 3.8) is 0 Å². The van der Waals surface area contributed by atoms with Gasteiger partial charge in [-0.05, 0) is 12.8 Å². The minimum absolute atomic E-state index is 0.107. The predicted molar refractivity (Wildman–Crippen MR) is 61.2 cm³/mol. The lowest BCUT2D eigenvalue weighted by atomic mass is 10.0. The first kappa shape index (κ1) is 13.5. The highest BCUT2D eigenvalue weighted by molar-refractivity contribution is 5.78. The Hall–Kier alpha value is -0.530. The van der Waals surface area contributed by atoms with Gasteiger partial charge in [0, 0.05) is 12.0 Å². The van der Waals surface area contributed by atoms with E-state index in [0.29, 0.717) is 6.04 Å². The lowest BCUT2D eigenvalue weighted by molar-refractivity contribution is -0.124. The maximum absolute atomic E-state index is 11.5. The molecular weight excluding hydrogens is 174 g/mol. The third-order valence-electron chi connectivity index (χ3n) is 2.41. The van der Waals surface area contributed by atoms with Crippen molar-refractivity contribution < 1.29 is 4.79 Å². The molecule has 0 aliphatic rings. The second kappa shape index (κ2) is 7.84. The van der Waals surface area contributed by atoms with Crippen LogP contribution in [0, 0.1) is 5.92 Å². The molecule has 0 saturated heterocycles. The molecule has 0 bridgehead atoms. The van der Waals surface area contributed by atoms with Gasteiger partial charge in [-0.2, -0.15) is 0 Å². The molecule has 84 valence electrons. The monoisotopic (exact) mass is 199 g/mol. The van der Waals surface area contributed by atoms with Crippen LogP contribution >= 0.6 is 0 Å². The van der Waals surface area contributed by atoms with E-state index in [4.69, 9.17) is 0 Å². The molecule has 0 heterocycles. The van der Waals surface area contributed by atoms with Crippen LogP contribution in [0.5, 0.6) is 0 Å². The van der Waals surface area contributed by atoms with Crippen LogP contribution < -0.4 is 5.32 Å². The average Bonchev–Trinajstić information content (AvgIpc) is 2.14. The van der Waals surface area contributed by atoms with Gasteiger partial charge >= 0.3 is 0 Å². The van der Waals surface area contributed by atoms with Crippen LogP contribution in [0.3, 0.4) is 0 Å². The summed E-state index contributed by atoms with van der Waals surface area (Å²) in [5.41, 5.74) is 0. The van der Waals surface area contributed by atoms with Gasteiger partial charge in [-0.1, -0.05) is 47.0 Å². The first-order valence-corrected chi connectivity index (χ1v) is 5.92. The van der Waals surface area contributed by atoms with Gasteiger partial charge in [-0.15, -0.1) is 0 Å². The molecule has 0 aliphatic heterocycles. The summed E-state index contributed by atoms with van der Waals surface area (Å²) < 4.78 is 0. The molecule has 0 fully saturated rings. The fourth-order valence-corrected chi connectivity index (χ4v) is 1.46. The SMILES string of the molecule is CCCCC(CCC)NC(=O)C(C)C. The minimum atomic E-state index is 0.107. The van der Waals surface area contributed by atoms with Gasteiger partial charge in [-0.25, -0.2) is 0 Å². The Kier molecular flexibility index (Phi) is 7.54. The van der Waals surface area contributed by atoms with Crippen LogP contribution in [0.2, 0.25) is 0 Å². The van der Waals surface area contributed by atoms with Gasteiger partial charge in [0.05, 0.1) is 0 Å². The second-order valence-electron chi connectivity index (χ2n) is 4.29. The lowest BCUT2D eigenvalue weighted by Crippen LogP contribution is -2.37. The van der Waals surface area contributed by atoms with Crippen LogP contribution in [-0.2, 0) is 4.79 Å². The Morgan fingerprint density at radius 3 is 2.21 bits per heavy atom. The predicted octanol–water partition coefficient (Wildman–Crippen LogP) is 3.12. The Bertz CT molecular complexity index is 154. The van der Waals surface area contributed by atoms with Gasteiger partial charge in [0.15, 0.2) is 0 Å². The molecule has 1 unspecified atom stereocenters. The molecule has 0 aromatic heterocycles. The number of amides is 1. The van der Waals surface area contributed by atoms with Crippen molar-refractivity contribution in [1.29, 1.82) is 0 Å². The number of unbranched alkanes of at least 4 members (excludes halogenated alkanes) is 1. The largest absolute Gasteiger partial charge is 0.353 e. The third kappa shape index (κ3) is 6.01. The Labute approximate surface area is 88.5 Å². The molecule has 0 spiro atoms. The van der Waals surface area contributed by atoms with E-state index in [-0.39, 0.29) is 11.8 Å². The Balaban J connectivity index is 3.88. The van der Waals surface area contributed by atoms with E-state index in [1.54, 1.807) is 0 Å². The van der Waals surface area contributed by atoms with Crippen molar-refractivity contribution in [2.24, 2.45) is 5.92 Å². The van der Waals surface area contributed by atoms with Crippen molar-refractivity contribution in [2.75, 3.05) is 0 Å². The number of carbonyl (C=O) groups excluding carboxylic acids is 1. The van der Waals surface area contributed by atoms with E-state index in [1.807, 2.05) is 13.8 Å². The number of hydrogen-bond acceptors (Lipinski definition) is 1. The molecule has 2 heteroatoms. The van der Waals surface area contributed by atoms with Crippen molar-refractivity contribution >= 4 is 5.91 Å². The first-order chi connectivity index (χ1) is 6.61. The molecule has 0 rings (SSSR count). The fourth-order valence-electron chi connectivity index (χ4n) is 1.46. The van der Waals surface area contributed by atoms with Gasteiger partial charge in [0.25, 0.3) is 0 Å². The summed E-state index contributed by atoms with van der Waals surface area (Å²) in [6.07, 6.45) is 5.80. The van der Waals surface area contributed by atoms with E-state index in [1.165, 1.54) is 12.8 Å². The Morgan fingerprint density at radius 2 is 1.79 bits per heavy atom. The topological polar surface area (TPSA) is 29.1 Å². The molecular formula is C12H25NO. The zero-order chi connectivity index (χ0) is 11.0. The normalized spacial score (nSPS) is 12.9. The summed E-state index contributed by atoms with van der Waals surface area (Å²) in [7, 11) is 0. The highest BCUT2D eigenvalue weighted by atomic mass is 16.1. The van der Waals surface area contributed by atoms with Crippen LogP contribution in [0.4, 0.5) is 0 Å². The van der Waals surface area contributed by atoms with Crippen LogP contribution in [0.1, 0.15) is 59.8 Å². The number of hydrogen-bond donors (Lipinski definition) is 1. The van der Waals surface area contributed by atoms with Gasteiger partial charge in [0.1, 0.15) is 0 Å². The number of nitrogens with one attached hydrogen (secondary N) is 1. The van der Waals surface area contributed by atoms with E-state index in [2.05, 4.69) is 19.2 Å². The van der Waals surface area contributed by atoms with Crippen molar-refractivity contribution in [2.45, 2.75) is 65.8 Å². The van der Waals surface area contributed by atoms with Crippen molar-refractivity contribution in [3.8, 4) is 0 Å². The smallest absolute Gasteiger partial charge is 0.222 e. The lowest BCUT2D eigenvalue weighted by Gasteiger charge is -2.19. The minimum Gasteiger partial charge on any atom is -0.353 e. The fraction of sp³-hybridized carbons (Fsp3) is 0.917. The van der Waals surface area contributed by atoms with Crippen LogP contribution in [0.15, 0.2) is 0 Å². The highest BCUT2D eigenvalue weighted by Crippen LogP contribution is 2.07. The van der Waals surface area contributed by atoms with Gasteiger partial charge in [-0.3, -0.25) is 4.79 Å². The number of carbonyl (C=O) groups is 1. The first-order valence-electron chi connectivity index (χ1n) is 5.92. The molecule has 1 atom stereocenters. The molecule has 1 amide bonds. The number of rotatable bonds is 7. The summed E-state index contributed by atoms with van der Waals surface area (Å²) in [6, 6.07) is 0.398. The summed E-state index contributed by atoms with van der Waals surface area (Å²) in [4.78, 5) is 11.5. The van der Waals surface area contributed by atoms with E-state index in [0.717, 1.165) is 19.3 Å². The third-order valence-corrected chi connectivity index (χ3v) is 2.41. The van der Waals surface area contributed by atoms with E-state index >= 15 is 0 Å². The molecule has 0 saturated carbocycles. The van der Waals surface area contributed by atoms with Crippen LogP contribution in [-0.4, -0.2) is 11.9 Å². The van der Waals surface area contributed by atoms with Gasteiger partial charge < -0.3 is 5.32 Å². The summed E-state index contributed by atoms with van der Waals surface area (Å²) in [5.74, 6) is 0.301. The van der Waals surface area contributed by atoms with Gasteiger partial charge in [0.2, 0.25) is 5.91 Å². The maximum Gasteiger partial charge on any atom is 0.222 e. The standard InChI is InChI=1S/C12H25NO/c1-5-7-9-11(8-6-2)13-12(14)10(3)4/h10-11H,5-9H2,1-4H3,(H,13,14). The molecule has 0 aromatic carbocycles.